The van der Waals surface area contributed by atoms with E-state index >= 15 is 0 Å². The fourth-order valence-electron chi connectivity index (χ4n) is 3.22. The summed E-state index contributed by atoms with van der Waals surface area (Å²) in [5.74, 6) is 0. The molecule has 3 atom stereocenters. The van der Waals surface area contributed by atoms with Gasteiger partial charge in [0.1, 0.15) is 0 Å². The van der Waals surface area contributed by atoms with Crippen LogP contribution in [0.2, 0.25) is 0 Å². The number of piperidine rings is 1. The Balaban J connectivity index is 2.23. The van der Waals surface area contributed by atoms with Crippen molar-refractivity contribution in [2.24, 2.45) is 5.41 Å². The normalized spacial score (nSPS) is 34.9. The highest BCUT2D eigenvalue weighted by molar-refractivity contribution is 5.66. The van der Waals surface area contributed by atoms with Gasteiger partial charge in [-0.15, -0.1) is 0 Å². The lowest BCUT2D eigenvalue weighted by Gasteiger charge is -2.52. The van der Waals surface area contributed by atoms with Gasteiger partial charge >= 0.3 is 6.09 Å². The van der Waals surface area contributed by atoms with E-state index in [9.17, 15) is 9.90 Å². The molecule has 1 amide bonds. The number of carboxylic acid groups (broad SMARTS) is 1. The van der Waals surface area contributed by atoms with Crippen LogP contribution < -0.4 is 5.32 Å². The lowest BCUT2D eigenvalue weighted by Crippen LogP contribution is -2.68. The number of piperazine rings is 1. The Hall–Kier alpha value is -0.770. The molecule has 2 fully saturated rings. The molecule has 2 aliphatic heterocycles. The number of carbonyl (C=O) groups is 1. The van der Waals surface area contributed by atoms with Crippen molar-refractivity contribution in [1.29, 1.82) is 0 Å². The van der Waals surface area contributed by atoms with E-state index in [1.807, 2.05) is 0 Å². The SMILES string of the molecule is CC(C)(C)C1NCC2CCCC1N2C(=O)O. The second-order valence-electron chi connectivity index (χ2n) is 6.09. The number of amides is 1. The molecule has 2 rings (SSSR count). The Kier molecular flexibility index (Phi) is 2.86. The fourth-order valence-corrected chi connectivity index (χ4v) is 3.22. The van der Waals surface area contributed by atoms with E-state index in [4.69, 9.17) is 0 Å². The Morgan fingerprint density at radius 1 is 1.38 bits per heavy atom. The first-order chi connectivity index (χ1) is 7.41. The van der Waals surface area contributed by atoms with Crippen LogP contribution in [0.5, 0.6) is 0 Å². The second-order valence-corrected chi connectivity index (χ2v) is 6.09. The first kappa shape index (κ1) is 11.7. The number of hydrogen-bond acceptors (Lipinski definition) is 2. The topological polar surface area (TPSA) is 52.6 Å². The number of nitrogens with zero attached hydrogens (tertiary/aromatic N) is 1. The number of hydrogen-bond donors (Lipinski definition) is 2. The second kappa shape index (κ2) is 3.91. The van der Waals surface area contributed by atoms with Crippen LogP contribution in [0, 0.1) is 5.41 Å². The molecule has 0 aromatic carbocycles. The summed E-state index contributed by atoms with van der Waals surface area (Å²) >= 11 is 0. The highest BCUT2D eigenvalue weighted by Gasteiger charge is 2.45. The van der Waals surface area contributed by atoms with Crippen LogP contribution in [0.25, 0.3) is 0 Å². The van der Waals surface area contributed by atoms with Crippen LogP contribution in [0.15, 0.2) is 0 Å². The minimum Gasteiger partial charge on any atom is -0.465 e. The smallest absolute Gasteiger partial charge is 0.407 e. The van der Waals surface area contributed by atoms with Crippen molar-refractivity contribution in [3.63, 3.8) is 0 Å². The maximum absolute atomic E-state index is 11.3. The molecule has 0 aromatic rings. The van der Waals surface area contributed by atoms with Gasteiger partial charge in [0.25, 0.3) is 0 Å². The largest absolute Gasteiger partial charge is 0.465 e. The zero-order valence-electron chi connectivity index (χ0n) is 10.4. The zero-order chi connectivity index (χ0) is 11.9. The first-order valence-electron chi connectivity index (χ1n) is 6.16. The van der Waals surface area contributed by atoms with Gasteiger partial charge in [-0.3, -0.25) is 4.90 Å². The number of rotatable bonds is 0. The quantitative estimate of drug-likeness (QED) is 0.663. The molecule has 3 unspecified atom stereocenters. The van der Waals surface area contributed by atoms with Crippen molar-refractivity contribution in [1.82, 2.24) is 10.2 Å². The Morgan fingerprint density at radius 3 is 2.62 bits per heavy atom. The van der Waals surface area contributed by atoms with Gasteiger partial charge in [0.05, 0.1) is 6.04 Å². The Labute approximate surface area is 97.0 Å². The number of nitrogens with one attached hydrogen (secondary N) is 1. The Morgan fingerprint density at radius 2 is 2.06 bits per heavy atom. The van der Waals surface area contributed by atoms with Gasteiger partial charge in [-0.2, -0.15) is 0 Å². The van der Waals surface area contributed by atoms with E-state index in [1.165, 1.54) is 0 Å². The van der Waals surface area contributed by atoms with Crippen LogP contribution in [0.1, 0.15) is 40.0 Å². The molecule has 2 bridgehead atoms. The van der Waals surface area contributed by atoms with Gasteiger partial charge in [-0.05, 0) is 24.7 Å². The van der Waals surface area contributed by atoms with Gasteiger partial charge in [0.15, 0.2) is 0 Å². The molecule has 4 heteroatoms. The summed E-state index contributed by atoms with van der Waals surface area (Å²) < 4.78 is 0. The Bertz CT molecular complexity index is 285. The molecular weight excluding hydrogens is 204 g/mol. The molecule has 16 heavy (non-hydrogen) atoms. The minimum atomic E-state index is -0.745. The third kappa shape index (κ3) is 1.90. The van der Waals surface area contributed by atoms with Gasteiger partial charge in [-0.25, -0.2) is 4.79 Å². The van der Waals surface area contributed by atoms with Crippen molar-refractivity contribution >= 4 is 6.09 Å². The van der Waals surface area contributed by atoms with E-state index in [1.54, 1.807) is 4.90 Å². The van der Waals surface area contributed by atoms with Gasteiger partial charge < -0.3 is 10.4 Å². The average molecular weight is 226 g/mol. The predicted molar refractivity (Wildman–Crippen MR) is 62.5 cm³/mol. The molecule has 2 N–H and O–H groups in total. The maximum atomic E-state index is 11.3. The summed E-state index contributed by atoms with van der Waals surface area (Å²) in [5.41, 5.74) is 0.112. The van der Waals surface area contributed by atoms with Crippen molar-refractivity contribution in [2.45, 2.75) is 58.2 Å². The van der Waals surface area contributed by atoms with Crippen LogP contribution in [-0.4, -0.2) is 40.8 Å². The summed E-state index contributed by atoms with van der Waals surface area (Å²) in [4.78, 5) is 13.0. The van der Waals surface area contributed by atoms with Crippen molar-refractivity contribution in [3.05, 3.63) is 0 Å². The molecule has 0 spiro atoms. The summed E-state index contributed by atoms with van der Waals surface area (Å²) in [6, 6.07) is 0.625. The van der Waals surface area contributed by atoms with Crippen molar-refractivity contribution in [2.75, 3.05) is 6.54 Å². The summed E-state index contributed by atoms with van der Waals surface area (Å²) in [6.07, 6.45) is 2.42. The highest BCUT2D eigenvalue weighted by atomic mass is 16.4. The molecule has 92 valence electrons. The van der Waals surface area contributed by atoms with E-state index in [-0.39, 0.29) is 23.5 Å². The van der Waals surface area contributed by atoms with Crippen LogP contribution in [-0.2, 0) is 0 Å². The van der Waals surface area contributed by atoms with E-state index in [0.717, 1.165) is 25.8 Å². The molecule has 4 nitrogen and oxygen atoms in total. The first-order valence-corrected chi connectivity index (χ1v) is 6.16. The molecule has 0 aliphatic carbocycles. The van der Waals surface area contributed by atoms with E-state index in [0.29, 0.717) is 0 Å². The van der Waals surface area contributed by atoms with Crippen LogP contribution in [0.3, 0.4) is 0 Å². The zero-order valence-corrected chi connectivity index (χ0v) is 10.4. The summed E-state index contributed by atoms with van der Waals surface area (Å²) in [5, 5.41) is 12.9. The predicted octanol–water partition coefficient (Wildman–Crippen LogP) is 1.91. The molecule has 2 heterocycles. The maximum Gasteiger partial charge on any atom is 0.407 e. The minimum absolute atomic E-state index is 0.112. The third-order valence-corrected chi connectivity index (χ3v) is 3.90. The van der Waals surface area contributed by atoms with Gasteiger partial charge in [0.2, 0.25) is 0 Å². The molecule has 2 saturated heterocycles. The van der Waals surface area contributed by atoms with Gasteiger partial charge in [-0.1, -0.05) is 20.8 Å². The van der Waals surface area contributed by atoms with Crippen molar-refractivity contribution < 1.29 is 9.90 Å². The lowest BCUT2D eigenvalue weighted by molar-refractivity contribution is 0.00202. The molecule has 2 aliphatic rings. The van der Waals surface area contributed by atoms with Gasteiger partial charge in [0, 0.05) is 18.6 Å². The monoisotopic (exact) mass is 226 g/mol. The van der Waals surface area contributed by atoms with Crippen molar-refractivity contribution in [3.8, 4) is 0 Å². The molecule has 0 aromatic heterocycles. The number of fused-ring (bicyclic) bond motifs is 2. The third-order valence-electron chi connectivity index (χ3n) is 3.90. The van der Waals surface area contributed by atoms with Crippen LogP contribution >= 0.6 is 0 Å². The standard InChI is InChI=1S/C12H22N2O2/c1-12(2,3)10-9-6-4-5-8(7-13-10)14(9)11(15)16/h8-10,13H,4-7H2,1-3H3,(H,15,16). The summed E-state index contributed by atoms with van der Waals surface area (Å²) in [7, 11) is 0. The molecule has 0 saturated carbocycles. The summed E-state index contributed by atoms with van der Waals surface area (Å²) in [6.45, 7) is 7.35. The van der Waals surface area contributed by atoms with Crippen LogP contribution in [0.4, 0.5) is 4.79 Å². The highest BCUT2D eigenvalue weighted by Crippen LogP contribution is 2.35. The fraction of sp³-hybridized carbons (Fsp3) is 0.917. The van der Waals surface area contributed by atoms with E-state index < -0.39 is 6.09 Å². The average Bonchev–Trinajstić information content (AvgIpc) is 2.14. The van der Waals surface area contributed by atoms with E-state index in [2.05, 4.69) is 26.1 Å². The lowest BCUT2D eigenvalue weighted by atomic mass is 9.75. The molecular formula is C12H22N2O2. The molecule has 0 radical (unpaired) electrons.